The molecule has 104 valence electrons. The molecular weight excluding hydrogens is 251 g/mol. The van der Waals surface area contributed by atoms with Crippen LogP contribution in [0.25, 0.3) is 0 Å². The Morgan fingerprint density at radius 2 is 1.90 bits per heavy atom. The predicted molar refractivity (Wildman–Crippen MR) is 81.2 cm³/mol. The van der Waals surface area contributed by atoms with Gasteiger partial charge in [-0.05, 0) is 43.0 Å². The second kappa shape index (κ2) is 5.16. The summed E-state index contributed by atoms with van der Waals surface area (Å²) in [6.07, 6.45) is 2.37. The second-order valence-electron chi connectivity index (χ2n) is 5.50. The standard InChI is InChI=1S/C17H19FN2/c1-12-9-17(16(19)10-15(12)18)20(14-7-8-14)11-13-5-3-2-4-6-13/h2-6,9-10,14H,7-8,11,19H2,1H3. The first kappa shape index (κ1) is 13.0. The van der Waals surface area contributed by atoms with Gasteiger partial charge in [0, 0.05) is 12.6 Å². The van der Waals surface area contributed by atoms with Gasteiger partial charge in [0.15, 0.2) is 0 Å². The molecule has 1 fully saturated rings. The fourth-order valence-corrected chi connectivity index (χ4v) is 2.51. The van der Waals surface area contributed by atoms with Crippen LogP contribution in [-0.2, 0) is 6.54 Å². The molecule has 1 saturated carbocycles. The number of aryl methyl sites for hydroxylation is 1. The zero-order chi connectivity index (χ0) is 14.1. The monoisotopic (exact) mass is 270 g/mol. The van der Waals surface area contributed by atoms with Crippen LogP contribution in [0.3, 0.4) is 0 Å². The van der Waals surface area contributed by atoms with Crippen molar-refractivity contribution in [1.82, 2.24) is 0 Å². The molecule has 0 spiro atoms. The van der Waals surface area contributed by atoms with Crippen LogP contribution in [0.4, 0.5) is 15.8 Å². The van der Waals surface area contributed by atoms with Gasteiger partial charge in [-0.25, -0.2) is 4.39 Å². The summed E-state index contributed by atoms with van der Waals surface area (Å²) in [5, 5.41) is 0. The van der Waals surface area contributed by atoms with Crippen molar-refractivity contribution in [2.24, 2.45) is 0 Å². The molecule has 2 aromatic rings. The van der Waals surface area contributed by atoms with E-state index in [1.54, 1.807) is 6.92 Å². The van der Waals surface area contributed by atoms with Crippen molar-refractivity contribution < 1.29 is 4.39 Å². The van der Waals surface area contributed by atoms with Gasteiger partial charge in [0.2, 0.25) is 0 Å². The molecule has 3 rings (SSSR count). The lowest BCUT2D eigenvalue weighted by atomic mass is 10.1. The highest BCUT2D eigenvalue weighted by Crippen LogP contribution is 2.37. The number of benzene rings is 2. The second-order valence-corrected chi connectivity index (χ2v) is 5.50. The lowest BCUT2D eigenvalue weighted by Gasteiger charge is -2.27. The van der Waals surface area contributed by atoms with E-state index in [1.165, 1.54) is 24.5 Å². The molecule has 0 heterocycles. The van der Waals surface area contributed by atoms with Gasteiger partial charge in [0.1, 0.15) is 5.82 Å². The van der Waals surface area contributed by atoms with E-state index in [4.69, 9.17) is 5.73 Å². The van der Waals surface area contributed by atoms with E-state index in [0.717, 1.165) is 12.2 Å². The Morgan fingerprint density at radius 1 is 1.20 bits per heavy atom. The maximum atomic E-state index is 13.6. The lowest BCUT2D eigenvalue weighted by Crippen LogP contribution is -2.26. The molecule has 2 nitrogen and oxygen atoms in total. The van der Waals surface area contributed by atoms with Crippen molar-refractivity contribution in [2.75, 3.05) is 10.6 Å². The maximum absolute atomic E-state index is 13.6. The first-order chi connectivity index (χ1) is 9.65. The topological polar surface area (TPSA) is 29.3 Å². The summed E-state index contributed by atoms with van der Waals surface area (Å²) in [5.41, 5.74) is 9.40. The Hall–Kier alpha value is -2.03. The Bertz CT molecular complexity index is 606. The molecule has 0 aromatic heterocycles. The molecule has 0 amide bonds. The van der Waals surface area contributed by atoms with Gasteiger partial charge in [-0.15, -0.1) is 0 Å². The van der Waals surface area contributed by atoms with Crippen LogP contribution >= 0.6 is 0 Å². The van der Waals surface area contributed by atoms with E-state index in [-0.39, 0.29) is 5.82 Å². The summed E-state index contributed by atoms with van der Waals surface area (Å²) in [5.74, 6) is -0.235. The molecule has 1 aliphatic carbocycles. The molecule has 0 radical (unpaired) electrons. The maximum Gasteiger partial charge on any atom is 0.128 e. The third kappa shape index (κ3) is 2.62. The van der Waals surface area contributed by atoms with Crippen LogP contribution in [0.15, 0.2) is 42.5 Å². The number of nitrogen functional groups attached to an aromatic ring is 1. The van der Waals surface area contributed by atoms with Crippen LogP contribution in [-0.4, -0.2) is 6.04 Å². The van der Waals surface area contributed by atoms with Crippen molar-refractivity contribution in [3.05, 3.63) is 59.4 Å². The number of nitrogens with zero attached hydrogens (tertiary/aromatic N) is 1. The summed E-state index contributed by atoms with van der Waals surface area (Å²) in [6, 6.07) is 14.2. The largest absolute Gasteiger partial charge is 0.397 e. The average molecular weight is 270 g/mol. The van der Waals surface area contributed by atoms with Gasteiger partial charge < -0.3 is 10.6 Å². The summed E-state index contributed by atoms with van der Waals surface area (Å²) >= 11 is 0. The molecule has 2 aromatic carbocycles. The molecule has 0 bridgehead atoms. The Labute approximate surface area is 119 Å². The summed E-state index contributed by atoms with van der Waals surface area (Å²) < 4.78 is 13.6. The van der Waals surface area contributed by atoms with E-state index in [1.807, 2.05) is 24.3 Å². The summed E-state index contributed by atoms with van der Waals surface area (Å²) in [4.78, 5) is 2.30. The fourth-order valence-electron chi connectivity index (χ4n) is 2.51. The molecule has 3 heteroatoms. The van der Waals surface area contributed by atoms with Crippen LogP contribution < -0.4 is 10.6 Å². The SMILES string of the molecule is Cc1cc(N(Cc2ccccc2)C2CC2)c(N)cc1F. The van der Waals surface area contributed by atoms with Gasteiger partial charge >= 0.3 is 0 Å². The van der Waals surface area contributed by atoms with E-state index in [0.29, 0.717) is 17.3 Å². The molecule has 0 aliphatic heterocycles. The smallest absolute Gasteiger partial charge is 0.128 e. The van der Waals surface area contributed by atoms with Gasteiger partial charge in [0.05, 0.1) is 11.4 Å². The molecule has 0 saturated heterocycles. The number of rotatable bonds is 4. The third-order valence-electron chi connectivity index (χ3n) is 3.80. The van der Waals surface area contributed by atoms with E-state index < -0.39 is 0 Å². The number of hydrogen-bond acceptors (Lipinski definition) is 2. The van der Waals surface area contributed by atoms with Gasteiger partial charge in [-0.2, -0.15) is 0 Å². The van der Waals surface area contributed by atoms with Crippen LogP contribution in [0.2, 0.25) is 0 Å². The lowest BCUT2D eigenvalue weighted by molar-refractivity contribution is 0.618. The minimum absolute atomic E-state index is 0.235. The van der Waals surface area contributed by atoms with Crippen molar-refractivity contribution >= 4 is 11.4 Å². The quantitative estimate of drug-likeness (QED) is 0.854. The first-order valence-electron chi connectivity index (χ1n) is 7.01. The minimum Gasteiger partial charge on any atom is -0.397 e. The highest BCUT2D eigenvalue weighted by molar-refractivity contribution is 5.69. The Morgan fingerprint density at radius 3 is 2.55 bits per heavy atom. The minimum atomic E-state index is -0.235. The predicted octanol–water partition coefficient (Wildman–Crippen LogP) is 3.89. The number of halogens is 1. The van der Waals surface area contributed by atoms with Gasteiger partial charge in [-0.1, -0.05) is 30.3 Å². The average Bonchev–Trinajstić information content (AvgIpc) is 3.26. The normalized spacial score (nSPS) is 14.3. The van der Waals surface area contributed by atoms with Crippen molar-refractivity contribution in [2.45, 2.75) is 32.4 Å². The molecule has 1 aliphatic rings. The van der Waals surface area contributed by atoms with Crippen LogP contribution in [0.5, 0.6) is 0 Å². The number of nitrogens with two attached hydrogens (primary N) is 1. The third-order valence-corrected chi connectivity index (χ3v) is 3.80. The zero-order valence-electron chi connectivity index (χ0n) is 11.6. The van der Waals surface area contributed by atoms with Crippen molar-refractivity contribution in [3.8, 4) is 0 Å². The number of hydrogen-bond donors (Lipinski definition) is 1. The number of anilines is 2. The van der Waals surface area contributed by atoms with Gasteiger partial charge in [-0.3, -0.25) is 0 Å². The van der Waals surface area contributed by atoms with E-state index >= 15 is 0 Å². The summed E-state index contributed by atoms with van der Waals surface area (Å²) in [7, 11) is 0. The Kier molecular flexibility index (Phi) is 3.35. The molecular formula is C17H19FN2. The van der Waals surface area contributed by atoms with Crippen LogP contribution in [0, 0.1) is 12.7 Å². The van der Waals surface area contributed by atoms with Crippen molar-refractivity contribution in [3.63, 3.8) is 0 Å². The highest BCUT2D eigenvalue weighted by Gasteiger charge is 2.30. The molecule has 0 unspecified atom stereocenters. The Balaban J connectivity index is 1.93. The van der Waals surface area contributed by atoms with Crippen LogP contribution in [0.1, 0.15) is 24.0 Å². The molecule has 0 atom stereocenters. The molecule has 20 heavy (non-hydrogen) atoms. The van der Waals surface area contributed by atoms with Gasteiger partial charge in [0.25, 0.3) is 0 Å². The zero-order valence-corrected chi connectivity index (χ0v) is 11.6. The first-order valence-corrected chi connectivity index (χ1v) is 7.01. The summed E-state index contributed by atoms with van der Waals surface area (Å²) in [6.45, 7) is 2.60. The van der Waals surface area contributed by atoms with E-state index in [9.17, 15) is 4.39 Å². The van der Waals surface area contributed by atoms with Crippen molar-refractivity contribution in [1.29, 1.82) is 0 Å². The fraction of sp³-hybridized carbons (Fsp3) is 0.294. The molecule has 2 N–H and O–H groups in total. The highest BCUT2D eigenvalue weighted by atomic mass is 19.1. The van der Waals surface area contributed by atoms with E-state index in [2.05, 4.69) is 17.0 Å².